The molecule has 2 unspecified atom stereocenters. The zero-order chi connectivity index (χ0) is 30.5. The van der Waals surface area contributed by atoms with Crippen molar-refractivity contribution < 1.29 is 51.4 Å². The van der Waals surface area contributed by atoms with Crippen LogP contribution < -0.4 is 17.0 Å². The van der Waals surface area contributed by atoms with Gasteiger partial charge in [0.05, 0.1) is 25.6 Å². The maximum atomic E-state index is 13.5. The number of anilines is 1. The molecule has 3 aromatic heterocycles. The predicted molar refractivity (Wildman–Crippen MR) is 144 cm³/mol. The molecule has 3 aromatic rings. The van der Waals surface area contributed by atoms with E-state index < -0.39 is 75.5 Å². The van der Waals surface area contributed by atoms with E-state index in [4.69, 9.17) is 38.0 Å². The SMILES string of the molecule is CO[C@H]1[C@H]2OP(=O)(S)OC[C@@H]3C[C@@H](OP(=O)(OO)OC[C@H]1O[C@H]2n1ccc(=O)[nH]c1=O)[C@H](n1cnc2c(N)ncnc21)O3. The summed E-state index contributed by atoms with van der Waals surface area (Å²) in [5.74, 6) is 0.100. The van der Waals surface area contributed by atoms with Gasteiger partial charge in [0, 0.05) is 25.8 Å². The third kappa shape index (κ3) is 5.96. The van der Waals surface area contributed by atoms with E-state index in [1.54, 1.807) is 0 Å². The van der Waals surface area contributed by atoms with E-state index in [1.807, 2.05) is 0 Å². The number of nitrogen functional groups attached to an aromatic ring is 1. The Morgan fingerprint density at radius 3 is 2.65 bits per heavy atom. The number of hydrogen-bond acceptors (Lipinski definition) is 17. The number of rotatable bonds is 4. The van der Waals surface area contributed by atoms with Crippen molar-refractivity contribution in [1.29, 1.82) is 0 Å². The van der Waals surface area contributed by atoms with E-state index in [0.717, 1.165) is 16.8 Å². The highest BCUT2D eigenvalue weighted by molar-refractivity contribution is 8.44. The van der Waals surface area contributed by atoms with Crippen molar-refractivity contribution in [3.05, 3.63) is 45.8 Å². The van der Waals surface area contributed by atoms with Crippen LogP contribution in [0.2, 0.25) is 0 Å². The van der Waals surface area contributed by atoms with Crippen LogP contribution in [0.4, 0.5) is 5.82 Å². The molecule has 6 rings (SSSR count). The maximum Gasteiger partial charge on any atom is 0.502 e. The standard InChI is InChI=1S/C20H25N7O13P2S/c1-33-14-11-6-34-41(31,40-30)38-10-4-9(36-18(10)27-8-24-13-16(21)22-7-23-17(13)27)5-35-42(32,43)39-15(14)19(37-11)26-3-2-12(28)25-20(26)29/h2-3,7-11,14-15,18-19,30H,4-6H2,1H3,(H,32,43)(H2,21,22,23)(H,25,28,29)/t9-,10+,11+,14+,15+,18+,19+,41?,42?/m0/s1. The molecule has 0 radical (unpaired) electrons. The molecule has 0 aromatic carbocycles. The Balaban J connectivity index is 1.34. The molecule has 3 saturated heterocycles. The van der Waals surface area contributed by atoms with E-state index in [-0.39, 0.29) is 30.0 Å². The number of nitrogens with one attached hydrogen (secondary N) is 1. The molecule has 20 nitrogen and oxygen atoms in total. The summed E-state index contributed by atoms with van der Waals surface area (Å²) in [7, 11) is -3.48. The fourth-order valence-corrected chi connectivity index (χ4v) is 7.55. The van der Waals surface area contributed by atoms with Gasteiger partial charge in [0.1, 0.15) is 36.3 Å². The van der Waals surface area contributed by atoms with Crippen molar-refractivity contribution in [3.8, 4) is 0 Å². The Hall–Kier alpha value is -2.52. The smallest absolute Gasteiger partial charge is 0.382 e. The maximum absolute atomic E-state index is 13.5. The molecule has 23 heteroatoms. The van der Waals surface area contributed by atoms with Gasteiger partial charge in [0.25, 0.3) is 5.56 Å². The van der Waals surface area contributed by atoms with Gasteiger partial charge in [-0.2, -0.15) is 0 Å². The molecular weight excluding hydrogens is 640 g/mol. The highest BCUT2D eigenvalue weighted by atomic mass is 32.7. The van der Waals surface area contributed by atoms with Crippen LogP contribution in [-0.4, -0.2) is 85.2 Å². The molecule has 3 fully saturated rings. The number of thiol groups is 1. The van der Waals surface area contributed by atoms with Crippen LogP contribution in [0.5, 0.6) is 0 Å². The van der Waals surface area contributed by atoms with Crippen molar-refractivity contribution in [2.45, 2.75) is 49.4 Å². The Morgan fingerprint density at radius 2 is 1.91 bits per heavy atom. The summed E-state index contributed by atoms with van der Waals surface area (Å²) < 4.78 is 73.3. The average Bonchev–Trinajstić information content (AvgIpc) is 3.66. The summed E-state index contributed by atoms with van der Waals surface area (Å²) in [5, 5.41) is 9.60. The molecule has 4 N–H and O–H groups in total. The van der Waals surface area contributed by atoms with Gasteiger partial charge in [-0.3, -0.25) is 37.0 Å². The molecular formula is C20H25N7O13P2S. The summed E-state index contributed by atoms with van der Waals surface area (Å²) in [6.07, 6.45) is -4.42. The number of aromatic amines is 1. The minimum atomic E-state index is -4.75. The van der Waals surface area contributed by atoms with Crippen LogP contribution in [-0.2, 0) is 46.1 Å². The minimum absolute atomic E-state index is 0.0329. The van der Waals surface area contributed by atoms with Gasteiger partial charge in [-0.15, -0.1) is 4.67 Å². The number of ether oxygens (including phenoxy) is 3. The number of imidazole rings is 1. The third-order valence-corrected chi connectivity index (χ3v) is 9.74. The molecule has 0 amide bonds. The van der Waals surface area contributed by atoms with E-state index in [2.05, 4.69) is 36.9 Å². The zero-order valence-corrected chi connectivity index (χ0v) is 24.7. The number of methoxy groups -OCH3 is 1. The topological polar surface area (TPSA) is 253 Å². The molecule has 9 atom stereocenters. The van der Waals surface area contributed by atoms with Crippen LogP contribution in [0.1, 0.15) is 18.9 Å². The number of aromatic nitrogens is 6. The largest absolute Gasteiger partial charge is 0.502 e. The molecule has 3 aliphatic heterocycles. The highest BCUT2D eigenvalue weighted by Crippen LogP contribution is 2.59. The number of nitrogens with two attached hydrogens (primary N) is 1. The fourth-order valence-electron chi connectivity index (χ4n) is 5.08. The number of H-pyrrole nitrogens is 1. The van der Waals surface area contributed by atoms with Crippen LogP contribution in [0.15, 0.2) is 34.5 Å². The van der Waals surface area contributed by atoms with E-state index >= 15 is 0 Å². The van der Waals surface area contributed by atoms with E-state index in [0.29, 0.717) is 0 Å². The van der Waals surface area contributed by atoms with Crippen LogP contribution in [0.3, 0.4) is 0 Å². The molecule has 0 aliphatic carbocycles. The lowest BCUT2D eigenvalue weighted by molar-refractivity contribution is -0.176. The Kier molecular flexibility index (Phi) is 8.35. The monoisotopic (exact) mass is 665 g/mol. The van der Waals surface area contributed by atoms with E-state index in [1.165, 1.54) is 24.3 Å². The summed E-state index contributed by atoms with van der Waals surface area (Å²) in [5.41, 5.74) is 4.86. The number of hydrogen-bond donors (Lipinski definition) is 4. The van der Waals surface area contributed by atoms with Gasteiger partial charge < -0.3 is 19.9 Å². The molecule has 43 heavy (non-hydrogen) atoms. The van der Waals surface area contributed by atoms with Crippen LogP contribution in [0.25, 0.3) is 11.2 Å². The predicted octanol–water partition coefficient (Wildman–Crippen LogP) is 0.611. The summed E-state index contributed by atoms with van der Waals surface area (Å²) in [4.78, 5) is 38.5. The molecule has 3 aliphatic rings. The fraction of sp³-hybridized carbons (Fsp3) is 0.550. The Bertz CT molecular complexity index is 1720. The van der Waals surface area contributed by atoms with Crippen LogP contribution >= 0.6 is 26.9 Å². The van der Waals surface area contributed by atoms with E-state index in [9.17, 15) is 24.0 Å². The van der Waals surface area contributed by atoms with Gasteiger partial charge in [-0.05, 0) is 0 Å². The van der Waals surface area contributed by atoms with Gasteiger partial charge in [-0.1, -0.05) is 12.2 Å². The first-order valence-corrected chi connectivity index (χ1v) is 16.7. The second kappa shape index (κ2) is 11.8. The second-order valence-electron chi connectivity index (χ2n) is 9.55. The first-order valence-electron chi connectivity index (χ1n) is 12.5. The Morgan fingerprint density at radius 1 is 1.09 bits per heavy atom. The van der Waals surface area contributed by atoms with Crippen molar-refractivity contribution in [2.75, 3.05) is 26.1 Å². The van der Waals surface area contributed by atoms with Gasteiger partial charge in [-0.25, -0.2) is 34.1 Å². The Labute approximate surface area is 245 Å². The number of phosphoric acid groups is 1. The van der Waals surface area contributed by atoms with Crippen molar-refractivity contribution in [2.24, 2.45) is 0 Å². The first kappa shape index (κ1) is 30.5. The van der Waals surface area contributed by atoms with Gasteiger partial charge >= 0.3 is 20.3 Å². The number of phosphoric ester groups is 1. The first-order chi connectivity index (χ1) is 20.5. The lowest BCUT2D eigenvalue weighted by atomic mass is 10.1. The third-order valence-electron chi connectivity index (χ3n) is 6.93. The van der Waals surface area contributed by atoms with Crippen molar-refractivity contribution in [1.82, 2.24) is 29.1 Å². The lowest BCUT2D eigenvalue weighted by Gasteiger charge is -2.27. The normalized spacial score (nSPS) is 37.0. The average molecular weight is 665 g/mol. The summed E-state index contributed by atoms with van der Waals surface area (Å²) in [6.45, 7) is -5.20. The molecule has 0 saturated carbocycles. The molecule has 234 valence electrons. The summed E-state index contributed by atoms with van der Waals surface area (Å²) >= 11 is 4.11. The van der Waals surface area contributed by atoms with Gasteiger partial charge in [0.15, 0.2) is 23.9 Å². The second-order valence-corrected chi connectivity index (χ2v) is 14.0. The lowest BCUT2D eigenvalue weighted by Crippen LogP contribution is -2.40. The zero-order valence-electron chi connectivity index (χ0n) is 22.0. The van der Waals surface area contributed by atoms with Crippen LogP contribution in [0, 0.1) is 0 Å². The number of nitrogens with zero attached hydrogens (tertiary/aromatic N) is 5. The molecule has 4 bridgehead atoms. The highest BCUT2D eigenvalue weighted by Gasteiger charge is 2.52. The molecule has 0 spiro atoms. The summed E-state index contributed by atoms with van der Waals surface area (Å²) in [6, 6.07) is 1.06. The quantitative estimate of drug-likeness (QED) is 0.129. The van der Waals surface area contributed by atoms with Crippen molar-refractivity contribution in [3.63, 3.8) is 0 Å². The van der Waals surface area contributed by atoms with Crippen molar-refractivity contribution >= 4 is 43.9 Å². The number of fused-ring (bicyclic) bond motifs is 5. The van der Waals surface area contributed by atoms with Gasteiger partial charge in [0.2, 0.25) is 0 Å². The molecule has 6 heterocycles. The minimum Gasteiger partial charge on any atom is -0.382 e.